The van der Waals surface area contributed by atoms with Crippen molar-refractivity contribution in [2.75, 3.05) is 30.9 Å². The summed E-state index contributed by atoms with van der Waals surface area (Å²) in [6, 6.07) is 14.9. The molecule has 0 spiro atoms. The highest BCUT2D eigenvalue weighted by molar-refractivity contribution is 5.93. The van der Waals surface area contributed by atoms with Gasteiger partial charge in [0.15, 0.2) is 5.69 Å². The first kappa shape index (κ1) is 27.5. The minimum absolute atomic E-state index is 0.0260. The van der Waals surface area contributed by atoms with Gasteiger partial charge in [-0.1, -0.05) is 18.2 Å². The molecule has 0 unspecified atom stereocenters. The number of amides is 1. The fourth-order valence-corrected chi connectivity index (χ4v) is 3.21. The second kappa shape index (κ2) is 12.7. The number of anilines is 2. The molecule has 3 rings (SSSR count). The molecule has 3 aromatic rings. The quantitative estimate of drug-likeness (QED) is 0.171. The van der Waals surface area contributed by atoms with Gasteiger partial charge < -0.3 is 25.2 Å². The van der Waals surface area contributed by atoms with E-state index in [4.69, 9.17) is 9.47 Å². The summed E-state index contributed by atoms with van der Waals surface area (Å²) in [5, 5.41) is 46.2. The molecule has 14 nitrogen and oxygen atoms in total. The minimum Gasteiger partial charge on any atom is -0.495 e. The fraction of sp³-hybridized carbons (Fsp3) is 0.208. The van der Waals surface area contributed by atoms with Crippen molar-refractivity contribution in [1.29, 1.82) is 0 Å². The van der Waals surface area contributed by atoms with Gasteiger partial charge in [-0.2, -0.15) is 0 Å². The Bertz CT molecular complexity index is 1350. The van der Waals surface area contributed by atoms with Gasteiger partial charge in [0.05, 0.1) is 34.4 Å². The van der Waals surface area contributed by atoms with Gasteiger partial charge in [-0.25, -0.2) is 0 Å². The predicted molar refractivity (Wildman–Crippen MR) is 138 cm³/mol. The van der Waals surface area contributed by atoms with Crippen LogP contribution in [0.2, 0.25) is 0 Å². The first-order valence-corrected chi connectivity index (χ1v) is 11.1. The van der Waals surface area contributed by atoms with Gasteiger partial charge in [0.2, 0.25) is 5.91 Å². The normalized spacial score (nSPS) is 11.6. The zero-order chi connectivity index (χ0) is 27.7. The van der Waals surface area contributed by atoms with Crippen LogP contribution in [0.15, 0.2) is 70.9 Å². The van der Waals surface area contributed by atoms with Crippen LogP contribution in [-0.4, -0.2) is 47.2 Å². The van der Waals surface area contributed by atoms with Gasteiger partial charge in [-0.05, 0) is 24.3 Å². The van der Waals surface area contributed by atoms with E-state index in [2.05, 4.69) is 20.9 Å². The highest BCUT2D eigenvalue weighted by atomic mass is 16.6. The Kier molecular flexibility index (Phi) is 9.21. The number of nitrogens with one attached hydrogen (secondary N) is 2. The van der Waals surface area contributed by atoms with Crippen LogP contribution in [0, 0.1) is 20.2 Å². The highest BCUT2D eigenvalue weighted by Crippen LogP contribution is 2.39. The van der Waals surface area contributed by atoms with Crippen molar-refractivity contribution in [3.8, 4) is 11.5 Å². The Morgan fingerprint density at radius 1 is 1.00 bits per heavy atom. The Labute approximate surface area is 216 Å². The van der Waals surface area contributed by atoms with Gasteiger partial charge >= 0.3 is 5.69 Å². The van der Waals surface area contributed by atoms with Gasteiger partial charge in [0.25, 0.3) is 5.69 Å². The molecule has 3 N–H and O–H groups in total. The van der Waals surface area contributed by atoms with Crippen LogP contribution >= 0.6 is 0 Å². The molecule has 198 valence electrons. The summed E-state index contributed by atoms with van der Waals surface area (Å²) in [6.07, 6.45) is -0.883. The number of aliphatic hydroxyl groups excluding tert-OH is 1. The van der Waals surface area contributed by atoms with E-state index in [1.54, 1.807) is 12.1 Å². The maximum atomic E-state index is 11.8. The lowest BCUT2D eigenvalue weighted by Crippen LogP contribution is -2.26. The molecule has 0 aliphatic heterocycles. The Hall–Kier alpha value is -5.11. The molecule has 1 amide bonds. The number of carbonyl (C=O) groups excluding carboxylic acids is 1. The number of hydrogen-bond donors (Lipinski definition) is 3. The number of nitrogens with zero attached hydrogens (tertiary/aromatic N) is 4. The third kappa shape index (κ3) is 7.44. The number of methoxy groups -OCH3 is 1. The molecule has 0 aliphatic rings. The largest absolute Gasteiger partial charge is 0.495 e. The number of non-ortho nitro benzene ring substituents is 1. The zero-order valence-corrected chi connectivity index (χ0v) is 20.4. The van der Waals surface area contributed by atoms with Crippen LogP contribution in [0.25, 0.3) is 0 Å². The maximum Gasteiger partial charge on any atom is 0.303 e. The van der Waals surface area contributed by atoms with Crippen LogP contribution in [0.5, 0.6) is 11.5 Å². The number of carbonyl (C=O) groups is 1. The number of aliphatic hydroxyl groups is 1. The van der Waals surface area contributed by atoms with Crippen molar-refractivity contribution in [3.05, 3.63) is 80.9 Å². The summed E-state index contributed by atoms with van der Waals surface area (Å²) in [5.41, 5.74) is -0.594. The first-order valence-electron chi connectivity index (χ1n) is 11.1. The van der Waals surface area contributed by atoms with Gasteiger partial charge in [0, 0.05) is 25.6 Å². The molecule has 3 aromatic carbocycles. The van der Waals surface area contributed by atoms with Crippen LogP contribution < -0.4 is 20.1 Å². The Balaban J connectivity index is 1.84. The van der Waals surface area contributed by atoms with Gasteiger partial charge in [-0.3, -0.25) is 25.0 Å². The number of rotatable bonds is 12. The molecular formula is C24H24N6O8. The van der Waals surface area contributed by atoms with Crippen molar-refractivity contribution in [3.63, 3.8) is 0 Å². The fourth-order valence-electron chi connectivity index (χ4n) is 3.21. The first-order chi connectivity index (χ1) is 18.2. The monoisotopic (exact) mass is 524 g/mol. The number of benzene rings is 3. The molecular weight excluding hydrogens is 500 g/mol. The molecule has 0 saturated carbocycles. The summed E-state index contributed by atoms with van der Waals surface area (Å²) in [5.74, 6) is 0.470. The second-order valence-corrected chi connectivity index (χ2v) is 7.80. The van der Waals surface area contributed by atoms with E-state index >= 15 is 0 Å². The lowest BCUT2D eigenvalue weighted by molar-refractivity contribution is -0.393. The average molecular weight is 524 g/mol. The molecule has 0 radical (unpaired) electrons. The Morgan fingerprint density at radius 2 is 1.71 bits per heavy atom. The molecule has 0 heterocycles. The van der Waals surface area contributed by atoms with Crippen molar-refractivity contribution >= 4 is 40.0 Å². The van der Waals surface area contributed by atoms with E-state index in [-0.39, 0.29) is 36.0 Å². The number of para-hydroxylation sites is 1. The van der Waals surface area contributed by atoms with E-state index in [0.29, 0.717) is 11.4 Å². The summed E-state index contributed by atoms with van der Waals surface area (Å²) < 4.78 is 10.9. The summed E-state index contributed by atoms with van der Waals surface area (Å²) in [7, 11) is 1.40. The van der Waals surface area contributed by atoms with Crippen molar-refractivity contribution < 1.29 is 29.2 Å². The van der Waals surface area contributed by atoms with Gasteiger partial charge in [0.1, 0.15) is 29.9 Å². The van der Waals surface area contributed by atoms with Crippen molar-refractivity contribution in [2.45, 2.75) is 13.0 Å². The number of ether oxygens (including phenoxy) is 2. The molecule has 14 heteroatoms. The summed E-state index contributed by atoms with van der Waals surface area (Å²) in [4.78, 5) is 32.6. The summed E-state index contributed by atoms with van der Waals surface area (Å²) in [6.45, 7) is 1.39. The second-order valence-electron chi connectivity index (χ2n) is 7.80. The lowest BCUT2D eigenvalue weighted by Gasteiger charge is -2.17. The summed E-state index contributed by atoms with van der Waals surface area (Å²) >= 11 is 0. The third-order valence-electron chi connectivity index (χ3n) is 4.97. The standard InChI is InChI=1S/C24H24N6O8/c1-15(31)26-20-11-22(25-13-17(32)14-38-18-6-4-3-5-7-18)24(37-2)12-21(20)28-27-19-9-8-16(29(33)34)10-23(19)30(35)36/h3-12,17,25,32H,13-14H2,1-2H3,(H,26,31)/t17-/m0/s1. The number of nitro benzene ring substituents is 2. The van der Waals surface area contributed by atoms with Crippen molar-refractivity contribution in [1.82, 2.24) is 0 Å². The van der Waals surface area contributed by atoms with Crippen LogP contribution in [0.1, 0.15) is 6.92 Å². The van der Waals surface area contributed by atoms with Crippen LogP contribution in [-0.2, 0) is 4.79 Å². The third-order valence-corrected chi connectivity index (χ3v) is 4.97. The van der Waals surface area contributed by atoms with Crippen molar-refractivity contribution in [2.24, 2.45) is 10.2 Å². The van der Waals surface area contributed by atoms with E-state index in [9.17, 15) is 30.1 Å². The number of hydrogen-bond acceptors (Lipinski definition) is 11. The molecule has 0 bridgehead atoms. The van der Waals surface area contributed by atoms with E-state index in [0.717, 1.165) is 18.2 Å². The lowest BCUT2D eigenvalue weighted by atomic mass is 10.2. The van der Waals surface area contributed by atoms with Gasteiger partial charge in [-0.15, -0.1) is 10.2 Å². The zero-order valence-electron chi connectivity index (χ0n) is 20.4. The molecule has 38 heavy (non-hydrogen) atoms. The molecule has 0 fully saturated rings. The predicted octanol–water partition coefficient (Wildman–Crippen LogP) is 4.74. The van der Waals surface area contributed by atoms with E-state index < -0.39 is 33.2 Å². The highest BCUT2D eigenvalue weighted by Gasteiger charge is 2.20. The molecule has 0 aliphatic carbocycles. The molecule has 0 aromatic heterocycles. The minimum atomic E-state index is -0.883. The van der Waals surface area contributed by atoms with Crippen LogP contribution in [0.4, 0.5) is 34.1 Å². The van der Waals surface area contributed by atoms with E-state index in [1.807, 2.05) is 18.2 Å². The smallest absolute Gasteiger partial charge is 0.303 e. The number of azo groups is 1. The average Bonchev–Trinajstić information content (AvgIpc) is 2.90. The Morgan fingerprint density at radius 3 is 2.34 bits per heavy atom. The maximum absolute atomic E-state index is 11.8. The SMILES string of the molecule is COc1cc(N=Nc2ccc([N+](=O)[O-])cc2[N+](=O)[O-])c(NC(C)=O)cc1NC[C@H](O)COc1ccccc1. The molecule has 0 saturated heterocycles. The van der Waals surface area contributed by atoms with E-state index in [1.165, 1.54) is 26.2 Å². The number of nitro groups is 2. The van der Waals surface area contributed by atoms with Crippen LogP contribution in [0.3, 0.4) is 0 Å². The topological polar surface area (TPSA) is 191 Å². The molecule has 1 atom stereocenters.